The molecule has 0 atom stereocenters. The molecule has 5 rings (SSSR count). The van der Waals surface area contributed by atoms with Crippen molar-refractivity contribution in [3.63, 3.8) is 0 Å². The molecule has 2 N–H and O–H groups in total. The average molecular weight is 412 g/mol. The van der Waals surface area contributed by atoms with Crippen LogP contribution in [0.3, 0.4) is 0 Å². The quantitative estimate of drug-likeness (QED) is 0.415. The first-order chi connectivity index (χ1) is 14.6. The molecule has 0 saturated heterocycles. The van der Waals surface area contributed by atoms with Crippen molar-refractivity contribution in [3.8, 4) is 11.1 Å². The Labute approximate surface area is 178 Å². The maximum absolute atomic E-state index is 12.1. The Kier molecular flexibility index (Phi) is 4.49. The van der Waals surface area contributed by atoms with E-state index < -0.39 is 5.91 Å². The first-order valence-corrected chi connectivity index (χ1v) is 9.99. The lowest BCUT2D eigenvalue weighted by Gasteiger charge is -2.09. The van der Waals surface area contributed by atoms with Crippen molar-refractivity contribution in [3.05, 3.63) is 101 Å². The van der Waals surface area contributed by atoms with Crippen molar-refractivity contribution in [2.24, 2.45) is 5.73 Å². The van der Waals surface area contributed by atoms with Gasteiger partial charge < -0.3 is 10.3 Å². The van der Waals surface area contributed by atoms with Gasteiger partial charge in [0.2, 0.25) is 5.91 Å². The molecule has 30 heavy (non-hydrogen) atoms. The summed E-state index contributed by atoms with van der Waals surface area (Å²) in [6.07, 6.45) is 3.58. The summed E-state index contributed by atoms with van der Waals surface area (Å²) in [4.78, 5) is 16.3. The van der Waals surface area contributed by atoms with Crippen LogP contribution in [0.4, 0.5) is 0 Å². The zero-order valence-corrected chi connectivity index (χ0v) is 16.8. The maximum Gasteiger partial charge on any atom is 0.249 e. The van der Waals surface area contributed by atoms with Gasteiger partial charge in [0.25, 0.3) is 0 Å². The Morgan fingerprint density at radius 1 is 0.900 bits per heavy atom. The third-order valence-corrected chi connectivity index (χ3v) is 5.68. The number of hydrogen-bond donors (Lipinski definition) is 1. The largest absolute Gasteiger partial charge is 0.366 e. The second-order valence-electron chi connectivity index (χ2n) is 7.24. The number of carbonyl (C=O) groups is 1. The van der Waals surface area contributed by atoms with E-state index in [1.165, 1.54) is 0 Å². The van der Waals surface area contributed by atoms with Gasteiger partial charge in [-0.15, -0.1) is 0 Å². The van der Waals surface area contributed by atoms with Gasteiger partial charge in [-0.2, -0.15) is 0 Å². The zero-order chi connectivity index (χ0) is 20.7. The van der Waals surface area contributed by atoms with Gasteiger partial charge in [0, 0.05) is 40.3 Å². The summed E-state index contributed by atoms with van der Waals surface area (Å²) in [7, 11) is 0. The van der Waals surface area contributed by atoms with Crippen molar-refractivity contribution in [1.82, 2.24) is 9.55 Å². The number of nitrogens with two attached hydrogens (primary N) is 1. The van der Waals surface area contributed by atoms with Crippen molar-refractivity contribution in [2.45, 2.75) is 6.54 Å². The Bertz CT molecular complexity index is 1390. The monoisotopic (exact) mass is 411 g/mol. The fourth-order valence-corrected chi connectivity index (χ4v) is 4.14. The topological polar surface area (TPSA) is 60.9 Å². The van der Waals surface area contributed by atoms with E-state index in [1.807, 2.05) is 48.5 Å². The smallest absolute Gasteiger partial charge is 0.249 e. The fourth-order valence-electron chi connectivity index (χ4n) is 4.01. The van der Waals surface area contributed by atoms with E-state index in [9.17, 15) is 4.79 Å². The average Bonchev–Trinajstić information content (AvgIpc) is 3.08. The van der Waals surface area contributed by atoms with Gasteiger partial charge in [-0.3, -0.25) is 9.78 Å². The van der Waals surface area contributed by atoms with Gasteiger partial charge in [-0.1, -0.05) is 41.9 Å². The molecule has 0 fully saturated rings. The van der Waals surface area contributed by atoms with Crippen LogP contribution < -0.4 is 5.73 Å². The van der Waals surface area contributed by atoms with Crippen LogP contribution in [0.15, 0.2) is 85.2 Å². The van der Waals surface area contributed by atoms with Crippen LogP contribution in [0.5, 0.6) is 0 Å². The Morgan fingerprint density at radius 3 is 2.37 bits per heavy atom. The van der Waals surface area contributed by atoms with Gasteiger partial charge in [0.15, 0.2) is 0 Å². The van der Waals surface area contributed by atoms with Crippen LogP contribution in [-0.4, -0.2) is 15.5 Å². The number of pyridine rings is 1. The Balaban J connectivity index is 1.80. The van der Waals surface area contributed by atoms with Crippen LogP contribution in [0, 0.1) is 0 Å². The fraction of sp³-hybridized carbons (Fsp3) is 0.0400. The predicted molar refractivity (Wildman–Crippen MR) is 122 cm³/mol. The maximum atomic E-state index is 12.1. The minimum absolute atomic E-state index is 0.426. The molecular formula is C25H18ClN3O. The molecule has 0 aliphatic rings. The summed E-state index contributed by atoms with van der Waals surface area (Å²) in [6, 6.07) is 23.8. The molecule has 0 aliphatic heterocycles. The normalized spacial score (nSPS) is 11.2. The SMILES string of the molecule is NC(=O)c1cccc2c1c1ccc(-c3ccc(Cl)cc3)cc1n2Cc1ccncc1. The number of amides is 1. The first kappa shape index (κ1) is 18.4. The number of carbonyl (C=O) groups excluding carboxylic acids is 1. The van der Waals surface area contributed by atoms with Crippen LogP contribution in [0.1, 0.15) is 15.9 Å². The second kappa shape index (κ2) is 7.32. The summed E-state index contributed by atoms with van der Waals surface area (Å²) in [6.45, 7) is 0.662. The van der Waals surface area contributed by atoms with Crippen molar-refractivity contribution in [2.75, 3.05) is 0 Å². The van der Waals surface area contributed by atoms with Gasteiger partial charge in [0.1, 0.15) is 0 Å². The Hall–Kier alpha value is -3.63. The highest BCUT2D eigenvalue weighted by Gasteiger charge is 2.17. The molecular weight excluding hydrogens is 394 g/mol. The molecule has 2 aromatic heterocycles. The number of primary amides is 1. The molecule has 146 valence electrons. The number of aromatic nitrogens is 2. The zero-order valence-electron chi connectivity index (χ0n) is 16.0. The molecule has 0 spiro atoms. The number of hydrogen-bond acceptors (Lipinski definition) is 2. The van der Waals surface area contributed by atoms with Gasteiger partial charge in [0.05, 0.1) is 11.0 Å². The molecule has 0 saturated carbocycles. The molecule has 5 aromatic rings. The lowest BCUT2D eigenvalue weighted by atomic mass is 10.0. The highest BCUT2D eigenvalue weighted by atomic mass is 35.5. The standard InChI is InChI=1S/C25H18ClN3O/c26-19-7-4-17(5-8-19)18-6-9-20-23(14-18)29(15-16-10-12-28-13-11-16)22-3-1-2-21(24(20)22)25(27)30/h1-14H,15H2,(H2,27,30). The van der Waals surface area contributed by atoms with Crippen molar-refractivity contribution < 1.29 is 4.79 Å². The van der Waals surface area contributed by atoms with Crippen LogP contribution >= 0.6 is 11.6 Å². The highest BCUT2D eigenvalue weighted by Crippen LogP contribution is 2.35. The second-order valence-corrected chi connectivity index (χ2v) is 7.68. The van der Waals surface area contributed by atoms with E-state index in [1.54, 1.807) is 18.5 Å². The Morgan fingerprint density at radius 2 is 1.63 bits per heavy atom. The number of fused-ring (bicyclic) bond motifs is 3. The van der Waals surface area contributed by atoms with E-state index in [0.717, 1.165) is 38.5 Å². The summed E-state index contributed by atoms with van der Waals surface area (Å²) in [5.74, 6) is -0.426. The van der Waals surface area contributed by atoms with E-state index >= 15 is 0 Å². The molecule has 0 bridgehead atoms. The number of nitrogens with zero attached hydrogens (tertiary/aromatic N) is 2. The number of rotatable bonds is 4. The summed E-state index contributed by atoms with van der Waals surface area (Å²) in [5.41, 5.74) is 11.5. The molecule has 1 amide bonds. The minimum atomic E-state index is -0.426. The molecule has 0 aliphatic carbocycles. The van der Waals surface area contributed by atoms with E-state index in [-0.39, 0.29) is 0 Å². The highest BCUT2D eigenvalue weighted by molar-refractivity contribution is 6.30. The van der Waals surface area contributed by atoms with E-state index in [4.69, 9.17) is 17.3 Å². The number of benzene rings is 3. The van der Waals surface area contributed by atoms with Crippen LogP contribution in [0.25, 0.3) is 32.9 Å². The van der Waals surface area contributed by atoms with Crippen molar-refractivity contribution >= 4 is 39.3 Å². The van der Waals surface area contributed by atoms with Crippen molar-refractivity contribution in [1.29, 1.82) is 0 Å². The molecule has 5 heteroatoms. The molecule has 0 radical (unpaired) electrons. The predicted octanol–water partition coefficient (Wildman–Crippen LogP) is 5.66. The third-order valence-electron chi connectivity index (χ3n) is 5.42. The third kappa shape index (κ3) is 3.11. The van der Waals surface area contributed by atoms with Gasteiger partial charge in [-0.25, -0.2) is 0 Å². The lowest BCUT2D eigenvalue weighted by Crippen LogP contribution is -2.11. The van der Waals surface area contributed by atoms with Gasteiger partial charge in [-0.05, 0) is 59.2 Å². The summed E-state index contributed by atoms with van der Waals surface area (Å²) >= 11 is 6.06. The van der Waals surface area contributed by atoms with Crippen LogP contribution in [0.2, 0.25) is 5.02 Å². The number of halogens is 1. The molecule has 2 heterocycles. The molecule has 4 nitrogen and oxygen atoms in total. The molecule has 0 unspecified atom stereocenters. The lowest BCUT2D eigenvalue weighted by molar-refractivity contribution is 0.100. The van der Waals surface area contributed by atoms with E-state index in [2.05, 4.69) is 27.8 Å². The van der Waals surface area contributed by atoms with E-state index in [0.29, 0.717) is 17.1 Å². The first-order valence-electron chi connectivity index (χ1n) is 9.61. The van der Waals surface area contributed by atoms with Crippen LogP contribution in [-0.2, 0) is 6.54 Å². The van der Waals surface area contributed by atoms with Gasteiger partial charge >= 0.3 is 0 Å². The summed E-state index contributed by atoms with van der Waals surface area (Å²) < 4.78 is 2.23. The minimum Gasteiger partial charge on any atom is -0.366 e. The molecule has 3 aromatic carbocycles. The summed E-state index contributed by atoms with van der Waals surface area (Å²) in [5, 5.41) is 2.60.